The van der Waals surface area contributed by atoms with Gasteiger partial charge in [-0.2, -0.15) is 11.8 Å². The number of halogens is 2. The van der Waals surface area contributed by atoms with Crippen molar-refractivity contribution < 1.29 is 33.7 Å². The Labute approximate surface area is 215 Å². The highest BCUT2D eigenvalue weighted by molar-refractivity contribution is 7.99. The van der Waals surface area contributed by atoms with Gasteiger partial charge in [-0.25, -0.2) is 0 Å². The first-order valence-electron chi connectivity index (χ1n) is 12.4. The van der Waals surface area contributed by atoms with E-state index in [2.05, 4.69) is 16.0 Å². The number of fused-ring (bicyclic) bond motifs is 1. The number of amides is 2. The van der Waals surface area contributed by atoms with Crippen molar-refractivity contribution in [1.82, 2.24) is 16.0 Å². The molecule has 3 unspecified atom stereocenters. The summed E-state index contributed by atoms with van der Waals surface area (Å²) in [6, 6.07) is -1.15. The molecule has 5 N–H and O–H groups in total. The zero-order valence-electron chi connectivity index (χ0n) is 20.4. The average Bonchev–Trinajstić information content (AvgIpc) is 3.57. The largest absolute Gasteiger partial charge is 0.387 e. The van der Waals surface area contributed by atoms with Crippen LogP contribution in [0, 0.1) is 5.92 Å². The lowest BCUT2D eigenvalue weighted by molar-refractivity contribution is -0.180. The van der Waals surface area contributed by atoms with E-state index < -0.39 is 47.7 Å². The van der Waals surface area contributed by atoms with Gasteiger partial charge in [0.25, 0.3) is 0 Å². The van der Waals surface area contributed by atoms with Gasteiger partial charge in [0.15, 0.2) is 0 Å². The number of carbonyl (C=O) groups excluding carboxylic acids is 2. The lowest BCUT2D eigenvalue weighted by Crippen LogP contribution is -2.64. The van der Waals surface area contributed by atoms with Gasteiger partial charge < -0.3 is 35.6 Å². The fourth-order valence-electron chi connectivity index (χ4n) is 5.04. The van der Waals surface area contributed by atoms with Gasteiger partial charge in [-0.15, -0.1) is 11.6 Å². The van der Waals surface area contributed by atoms with Crippen molar-refractivity contribution in [2.24, 2.45) is 5.92 Å². The van der Waals surface area contributed by atoms with Crippen LogP contribution in [0.25, 0.3) is 0 Å². The van der Waals surface area contributed by atoms with Crippen LogP contribution < -0.4 is 16.0 Å². The summed E-state index contributed by atoms with van der Waals surface area (Å²) in [5, 5.41) is 29.8. The molecule has 3 heterocycles. The number of alkyl halides is 2. The van der Waals surface area contributed by atoms with Gasteiger partial charge in [0.05, 0.1) is 29.9 Å². The molecule has 0 aromatic heterocycles. The summed E-state index contributed by atoms with van der Waals surface area (Å²) in [5.74, 6) is -1.39. The van der Waals surface area contributed by atoms with Crippen LogP contribution in [0.15, 0.2) is 0 Å². The molecule has 2 amide bonds. The third-order valence-electron chi connectivity index (χ3n) is 7.13. The number of carbonyl (C=O) groups is 2. The van der Waals surface area contributed by atoms with Crippen molar-refractivity contribution in [2.75, 3.05) is 31.8 Å². The normalized spacial score (nSPS) is 36.4. The Morgan fingerprint density at radius 1 is 1.31 bits per heavy atom. The molecule has 3 rings (SSSR count). The molecule has 35 heavy (non-hydrogen) atoms. The highest BCUT2D eigenvalue weighted by Crippen LogP contribution is 2.47. The minimum absolute atomic E-state index is 0.000914. The Morgan fingerprint density at radius 2 is 2.09 bits per heavy atom. The molecule has 0 aromatic carbocycles. The monoisotopic (exact) mass is 539 g/mol. The van der Waals surface area contributed by atoms with Gasteiger partial charge in [0, 0.05) is 6.54 Å². The molecule has 0 radical (unpaired) electrons. The summed E-state index contributed by atoms with van der Waals surface area (Å²) in [6.07, 6.45) is 2.74. The molecule has 0 aromatic rings. The van der Waals surface area contributed by atoms with Crippen molar-refractivity contribution in [3.05, 3.63) is 0 Å². The van der Waals surface area contributed by atoms with Crippen LogP contribution in [-0.2, 0) is 19.1 Å². The molecular formula is C23H39ClFN3O6S. The smallest absolute Gasteiger partial charge is 0.237 e. The Balaban J connectivity index is 1.60. The lowest BCUT2D eigenvalue weighted by Gasteiger charge is -2.39. The van der Waals surface area contributed by atoms with Crippen LogP contribution in [0.2, 0.25) is 0 Å². The predicted molar refractivity (Wildman–Crippen MR) is 132 cm³/mol. The van der Waals surface area contributed by atoms with Crippen molar-refractivity contribution in [3.8, 4) is 0 Å². The van der Waals surface area contributed by atoms with Crippen molar-refractivity contribution in [2.45, 2.75) is 93.1 Å². The van der Waals surface area contributed by atoms with Gasteiger partial charge in [-0.1, -0.05) is 12.8 Å². The molecule has 202 valence electrons. The number of unbranched alkanes of at least 4 members (excludes halogenated alkanes) is 1. The Hall–Kier alpha value is -0.690. The fraction of sp³-hybridized carbons (Fsp3) is 0.913. The van der Waals surface area contributed by atoms with Crippen LogP contribution >= 0.6 is 23.4 Å². The minimum atomic E-state index is -1.69. The predicted octanol–water partition coefficient (Wildman–Crippen LogP) is 0.692. The minimum Gasteiger partial charge on any atom is -0.387 e. The first-order valence-corrected chi connectivity index (χ1v) is 14.3. The zero-order valence-corrected chi connectivity index (χ0v) is 22.0. The van der Waals surface area contributed by atoms with Gasteiger partial charge in [-0.05, 0) is 51.3 Å². The maximum absolute atomic E-state index is 13.1. The van der Waals surface area contributed by atoms with E-state index in [-0.39, 0.29) is 30.8 Å². The number of hydrogen-bond acceptors (Lipinski definition) is 8. The van der Waals surface area contributed by atoms with Gasteiger partial charge in [0.2, 0.25) is 17.6 Å². The molecule has 3 aliphatic heterocycles. The first-order chi connectivity index (χ1) is 16.7. The van der Waals surface area contributed by atoms with Crippen LogP contribution in [0.3, 0.4) is 0 Å². The van der Waals surface area contributed by atoms with E-state index in [1.807, 2.05) is 6.26 Å². The maximum atomic E-state index is 13.1. The number of aliphatic hydroxyl groups is 2. The van der Waals surface area contributed by atoms with E-state index in [0.717, 1.165) is 25.7 Å². The van der Waals surface area contributed by atoms with E-state index in [4.69, 9.17) is 21.1 Å². The third-order valence-corrected chi connectivity index (χ3v) is 7.96. The molecule has 3 aliphatic rings. The SMILES string of the molecule is CSCC(=O)NCC1O[C@H]([C@H](NC(=O)[C@@H]2CC[C@H](CCCCF)CCN2)[C@H](C)Cl)C(O)C2O[C@]12O. The van der Waals surface area contributed by atoms with Gasteiger partial charge in [0.1, 0.15) is 24.4 Å². The first kappa shape index (κ1) is 28.9. The molecular weight excluding hydrogens is 501 g/mol. The number of ether oxygens (including phenoxy) is 2. The summed E-state index contributed by atoms with van der Waals surface area (Å²) < 4.78 is 23.8. The van der Waals surface area contributed by atoms with Crippen LogP contribution in [-0.4, -0.2) is 101 Å². The number of thioether (sulfide) groups is 1. The van der Waals surface area contributed by atoms with Crippen LogP contribution in [0.5, 0.6) is 0 Å². The second kappa shape index (κ2) is 13.2. The molecule has 3 saturated heterocycles. The second-order valence-corrected chi connectivity index (χ2v) is 11.3. The molecule has 0 bridgehead atoms. The number of nitrogens with one attached hydrogen (secondary N) is 3. The second-order valence-electron chi connectivity index (χ2n) is 9.74. The number of rotatable bonds is 12. The molecule has 0 spiro atoms. The Bertz CT molecular complexity index is 725. The molecule has 0 aliphatic carbocycles. The van der Waals surface area contributed by atoms with Gasteiger partial charge in [-0.3, -0.25) is 14.0 Å². The van der Waals surface area contributed by atoms with Crippen LogP contribution in [0.4, 0.5) is 4.39 Å². The van der Waals surface area contributed by atoms with E-state index in [0.29, 0.717) is 25.3 Å². The van der Waals surface area contributed by atoms with Crippen LogP contribution in [0.1, 0.15) is 45.4 Å². The molecule has 12 heteroatoms. The maximum Gasteiger partial charge on any atom is 0.237 e. The van der Waals surface area contributed by atoms with E-state index >= 15 is 0 Å². The van der Waals surface area contributed by atoms with Crippen molar-refractivity contribution >= 4 is 35.2 Å². The summed E-state index contributed by atoms with van der Waals surface area (Å²) in [6.45, 7) is 2.11. The number of aliphatic hydroxyl groups excluding tert-OH is 1. The fourth-order valence-corrected chi connectivity index (χ4v) is 5.61. The Kier molecular flexibility index (Phi) is 10.9. The van der Waals surface area contributed by atoms with E-state index in [9.17, 15) is 24.2 Å². The summed E-state index contributed by atoms with van der Waals surface area (Å²) in [4.78, 5) is 25.0. The van der Waals surface area contributed by atoms with E-state index in [1.54, 1.807) is 6.92 Å². The molecule has 3 fully saturated rings. The third kappa shape index (κ3) is 7.43. The van der Waals surface area contributed by atoms with Crippen molar-refractivity contribution in [1.29, 1.82) is 0 Å². The number of epoxide rings is 1. The Morgan fingerprint density at radius 3 is 2.77 bits per heavy atom. The number of hydrogen-bond donors (Lipinski definition) is 5. The molecule has 9 atom stereocenters. The highest BCUT2D eigenvalue weighted by atomic mass is 35.5. The highest BCUT2D eigenvalue weighted by Gasteiger charge is 2.70. The molecule has 0 saturated carbocycles. The summed E-state index contributed by atoms with van der Waals surface area (Å²) in [7, 11) is 0. The van der Waals surface area contributed by atoms with Crippen molar-refractivity contribution in [3.63, 3.8) is 0 Å². The quantitative estimate of drug-likeness (QED) is 0.139. The standard InChI is InChI=1S/C23H39ClFN3O6S/c1-13(24)18(28-22(31)15-7-6-14(8-10-26-15)5-3-4-9-25)20-19(30)21-23(32,34-21)16(33-20)11-27-17(29)12-35-2/h13-16,18-21,26,30,32H,3-12H2,1-2H3,(H,27,29)(H,28,31)/t13-,14-,15-,16?,18+,19?,20+,21?,23+/m0/s1. The topological polar surface area (TPSA) is 132 Å². The lowest BCUT2D eigenvalue weighted by atomic mass is 9.91. The summed E-state index contributed by atoms with van der Waals surface area (Å²) in [5.41, 5.74) is 0. The zero-order chi connectivity index (χ0) is 25.6. The van der Waals surface area contributed by atoms with Gasteiger partial charge >= 0.3 is 0 Å². The molecule has 9 nitrogen and oxygen atoms in total. The summed E-state index contributed by atoms with van der Waals surface area (Å²) >= 11 is 7.80. The van der Waals surface area contributed by atoms with E-state index in [1.165, 1.54) is 11.8 Å². The average molecular weight is 540 g/mol.